The van der Waals surface area contributed by atoms with Crippen molar-refractivity contribution in [2.24, 2.45) is 0 Å². The largest absolute Gasteiger partial charge is 0.334 e. The van der Waals surface area contributed by atoms with Crippen molar-refractivity contribution in [1.29, 1.82) is 0 Å². The van der Waals surface area contributed by atoms with Crippen LogP contribution in [0.3, 0.4) is 0 Å². The molecular weight excluding hydrogens is 378 g/mol. The van der Waals surface area contributed by atoms with Gasteiger partial charge in [0.05, 0.1) is 13.1 Å². The van der Waals surface area contributed by atoms with Crippen LogP contribution >= 0.6 is 0 Å². The lowest BCUT2D eigenvalue weighted by Gasteiger charge is -2.33. The van der Waals surface area contributed by atoms with Gasteiger partial charge in [0, 0.05) is 44.7 Å². The molecule has 0 aliphatic carbocycles. The van der Waals surface area contributed by atoms with Gasteiger partial charge in [0.25, 0.3) is 5.89 Å². The molecule has 3 aromatic rings. The van der Waals surface area contributed by atoms with E-state index in [-0.39, 0.29) is 0 Å². The van der Waals surface area contributed by atoms with Gasteiger partial charge in [-0.15, -0.1) is 10.2 Å². The number of hydrogen-bond donors (Lipinski definition) is 0. The molecular formula is C22H29N7O. The summed E-state index contributed by atoms with van der Waals surface area (Å²) in [7, 11) is 0. The van der Waals surface area contributed by atoms with Crippen LogP contribution in [0.2, 0.25) is 0 Å². The minimum Gasteiger partial charge on any atom is -0.334 e. The highest BCUT2D eigenvalue weighted by molar-refractivity contribution is 5.53. The predicted molar refractivity (Wildman–Crippen MR) is 113 cm³/mol. The summed E-state index contributed by atoms with van der Waals surface area (Å²) in [5.41, 5.74) is 2.19. The Labute approximate surface area is 176 Å². The fourth-order valence-electron chi connectivity index (χ4n) is 4.30. The Morgan fingerprint density at radius 1 is 0.867 bits per heavy atom. The Morgan fingerprint density at radius 3 is 2.43 bits per heavy atom. The summed E-state index contributed by atoms with van der Waals surface area (Å²) in [6.45, 7) is 8.78. The summed E-state index contributed by atoms with van der Waals surface area (Å²) >= 11 is 0. The van der Waals surface area contributed by atoms with Crippen LogP contribution < -0.4 is 0 Å². The van der Waals surface area contributed by atoms with Crippen LogP contribution in [-0.4, -0.2) is 60.9 Å². The molecule has 1 saturated heterocycles. The molecule has 2 aliphatic heterocycles. The Bertz CT molecular complexity index is 970. The first-order valence-corrected chi connectivity index (χ1v) is 11.0. The van der Waals surface area contributed by atoms with Gasteiger partial charge >= 0.3 is 0 Å². The lowest BCUT2D eigenvalue weighted by Crippen LogP contribution is -2.45. The maximum Gasteiger partial charge on any atom is 0.257 e. The van der Waals surface area contributed by atoms with E-state index in [1.54, 1.807) is 0 Å². The molecule has 5 rings (SSSR count). The number of benzene rings is 1. The van der Waals surface area contributed by atoms with Gasteiger partial charge in [-0.2, -0.15) is 4.98 Å². The average Bonchev–Trinajstić information content (AvgIpc) is 3.30. The molecule has 30 heavy (non-hydrogen) atoms. The molecule has 8 heteroatoms. The van der Waals surface area contributed by atoms with Gasteiger partial charge in [0.15, 0.2) is 5.82 Å². The van der Waals surface area contributed by atoms with E-state index in [2.05, 4.69) is 53.8 Å². The fourth-order valence-corrected chi connectivity index (χ4v) is 4.30. The third-order valence-electron chi connectivity index (χ3n) is 6.15. The van der Waals surface area contributed by atoms with E-state index in [0.717, 1.165) is 69.4 Å². The molecule has 0 atom stereocenters. The van der Waals surface area contributed by atoms with Crippen molar-refractivity contribution in [2.45, 2.75) is 52.2 Å². The van der Waals surface area contributed by atoms with Gasteiger partial charge in [-0.05, 0) is 31.9 Å². The van der Waals surface area contributed by atoms with Gasteiger partial charge in [0.1, 0.15) is 11.6 Å². The third-order valence-corrected chi connectivity index (χ3v) is 6.15. The first-order valence-electron chi connectivity index (χ1n) is 11.0. The average molecular weight is 408 g/mol. The van der Waals surface area contributed by atoms with Crippen LogP contribution in [0.1, 0.15) is 42.3 Å². The smallest absolute Gasteiger partial charge is 0.257 e. The van der Waals surface area contributed by atoms with Crippen molar-refractivity contribution < 1.29 is 4.52 Å². The molecule has 0 amide bonds. The van der Waals surface area contributed by atoms with Crippen molar-refractivity contribution in [3.63, 3.8) is 0 Å². The predicted octanol–water partition coefficient (Wildman–Crippen LogP) is 2.68. The Hall–Kier alpha value is -2.58. The lowest BCUT2D eigenvalue weighted by atomic mass is 10.1. The number of nitrogens with zero attached hydrogens (tertiary/aromatic N) is 7. The molecule has 0 unspecified atom stereocenters. The summed E-state index contributed by atoms with van der Waals surface area (Å²) in [4.78, 5) is 9.46. The van der Waals surface area contributed by atoms with Crippen LogP contribution in [-0.2, 0) is 26.1 Å². The second-order valence-electron chi connectivity index (χ2n) is 8.43. The van der Waals surface area contributed by atoms with E-state index in [9.17, 15) is 0 Å². The maximum absolute atomic E-state index is 5.47. The summed E-state index contributed by atoms with van der Waals surface area (Å²) in [6.07, 6.45) is 4.83. The van der Waals surface area contributed by atoms with Gasteiger partial charge in [-0.25, -0.2) is 0 Å². The number of piperazine rings is 1. The molecule has 0 N–H and O–H groups in total. The quantitative estimate of drug-likeness (QED) is 0.644. The van der Waals surface area contributed by atoms with E-state index in [1.807, 2.05) is 12.1 Å². The molecule has 2 aliphatic rings. The second kappa shape index (κ2) is 8.65. The van der Waals surface area contributed by atoms with E-state index in [1.165, 1.54) is 30.7 Å². The van der Waals surface area contributed by atoms with Crippen molar-refractivity contribution >= 4 is 0 Å². The highest BCUT2D eigenvalue weighted by atomic mass is 16.5. The number of hydrogen-bond acceptors (Lipinski definition) is 7. The highest BCUT2D eigenvalue weighted by Gasteiger charge is 2.22. The normalized spacial score (nSPS) is 18.3. The van der Waals surface area contributed by atoms with Crippen LogP contribution in [0.25, 0.3) is 11.5 Å². The Morgan fingerprint density at radius 2 is 1.63 bits per heavy atom. The second-order valence-corrected chi connectivity index (χ2v) is 8.43. The van der Waals surface area contributed by atoms with Crippen molar-refractivity contribution in [2.75, 3.05) is 26.2 Å². The first kappa shape index (κ1) is 19.4. The van der Waals surface area contributed by atoms with Gasteiger partial charge < -0.3 is 9.09 Å². The number of rotatable bonds is 5. The van der Waals surface area contributed by atoms with E-state index < -0.39 is 0 Å². The molecule has 1 aromatic carbocycles. The SMILES string of the molecule is Cc1ccc(-c2nc(CN3CCN(Cc4nnc5n4CCCCC5)CC3)no2)cc1. The molecule has 2 aromatic heterocycles. The number of fused-ring (bicyclic) bond motifs is 1. The molecule has 8 nitrogen and oxygen atoms in total. The zero-order valence-electron chi connectivity index (χ0n) is 17.6. The van der Waals surface area contributed by atoms with Crippen LogP contribution in [0, 0.1) is 6.92 Å². The molecule has 0 spiro atoms. The number of aryl methyl sites for hydroxylation is 2. The van der Waals surface area contributed by atoms with E-state index in [4.69, 9.17) is 4.52 Å². The zero-order valence-corrected chi connectivity index (χ0v) is 17.6. The summed E-state index contributed by atoms with van der Waals surface area (Å²) in [5.74, 6) is 3.64. The summed E-state index contributed by atoms with van der Waals surface area (Å²) < 4.78 is 7.82. The fraction of sp³-hybridized carbons (Fsp3) is 0.545. The van der Waals surface area contributed by atoms with Gasteiger partial charge in [-0.3, -0.25) is 9.80 Å². The summed E-state index contributed by atoms with van der Waals surface area (Å²) in [6, 6.07) is 8.17. The van der Waals surface area contributed by atoms with Gasteiger partial charge in [-0.1, -0.05) is 29.3 Å². The van der Waals surface area contributed by atoms with E-state index in [0.29, 0.717) is 5.89 Å². The monoisotopic (exact) mass is 407 g/mol. The van der Waals surface area contributed by atoms with Crippen LogP contribution in [0.5, 0.6) is 0 Å². The molecule has 0 radical (unpaired) electrons. The highest BCUT2D eigenvalue weighted by Crippen LogP contribution is 2.19. The van der Waals surface area contributed by atoms with Crippen LogP contribution in [0.4, 0.5) is 0 Å². The standard InChI is InChI=1S/C22H29N7O/c1-17-6-8-18(9-7-17)22-23-19(26-30-22)15-27-11-13-28(14-12-27)16-21-25-24-20-5-3-2-4-10-29(20)21/h6-9H,2-5,10-16H2,1H3. The maximum atomic E-state index is 5.47. The van der Waals surface area contributed by atoms with Crippen molar-refractivity contribution in [1.82, 2.24) is 34.7 Å². The molecule has 4 heterocycles. The third kappa shape index (κ3) is 4.29. The minimum atomic E-state index is 0.594. The molecule has 158 valence electrons. The molecule has 0 saturated carbocycles. The minimum absolute atomic E-state index is 0.594. The molecule has 1 fully saturated rings. The molecule has 0 bridgehead atoms. The van der Waals surface area contributed by atoms with E-state index >= 15 is 0 Å². The Balaban J connectivity index is 1.14. The first-order chi connectivity index (χ1) is 14.7. The topological polar surface area (TPSA) is 76.1 Å². The zero-order chi connectivity index (χ0) is 20.3. The lowest BCUT2D eigenvalue weighted by molar-refractivity contribution is 0.116. The van der Waals surface area contributed by atoms with Gasteiger partial charge in [0.2, 0.25) is 0 Å². The number of aromatic nitrogens is 5. The Kier molecular flexibility index (Phi) is 5.59. The van der Waals surface area contributed by atoms with Crippen molar-refractivity contribution in [3.05, 3.63) is 47.3 Å². The summed E-state index contributed by atoms with van der Waals surface area (Å²) in [5, 5.41) is 13.1. The van der Waals surface area contributed by atoms with Crippen molar-refractivity contribution in [3.8, 4) is 11.5 Å². The van der Waals surface area contributed by atoms with Crippen LogP contribution in [0.15, 0.2) is 28.8 Å².